The largest absolute Gasteiger partial charge is 0.297 e. The maximum absolute atomic E-state index is 5.84. The molecule has 20 heavy (non-hydrogen) atoms. The predicted molar refractivity (Wildman–Crippen MR) is 80.1 cm³/mol. The first-order chi connectivity index (χ1) is 9.46. The van der Waals surface area contributed by atoms with Crippen LogP contribution in [0.1, 0.15) is 52.4 Å². The summed E-state index contributed by atoms with van der Waals surface area (Å²) in [5.41, 5.74) is 3.01. The van der Waals surface area contributed by atoms with Crippen molar-refractivity contribution in [1.29, 1.82) is 0 Å². The van der Waals surface area contributed by atoms with Gasteiger partial charge in [0.25, 0.3) is 0 Å². The van der Waals surface area contributed by atoms with E-state index in [1.165, 1.54) is 12.8 Å². The van der Waals surface area contributed by atoms with Gasteiger partial charge in [-0.05, 0) is 53.6 Å². The van der Waals surface area contributed by atoms with Gasteiger partial charge in [-0.15, -0.1) is 0 Å². The summed E-state index contributed by atoms with van der Waals surface area (Å²) in [5, 5.41) is 4.31. The van der Waals surface area contributed by atoms with Gasteiger partial charge < -0.3 is 0 Å². The van der Waals surface area contributed by atoms with Crippen LogP contribution in [0.5, 0.6) is 0 Å². The summed E-state index contributed by atoms with van der Waals surface area (Å²) < 4.78 is 1.98. The summed E-state index contributed by atoms with van der Waals surface area (Å²) >= 11 is 0. The SMILES string of the molecule is CC(C)n1ncnc1CC(NN)C(C)(C)N1CCCC1. The molecule has 114 valence electrons. The molecule has 1 saturated heterocycles. The van der Waals surface area contributed by atoms with Crippen LogP contribution in [-0.4, -0.2) is 44.3 Å². The minimum Gasteiger partial charge on any atom is -0.297 e. The van der Waals surface area contributed by atoms with E-state index in [-0.39, 0.29) is 11.6 Å². The molecule has 1 aliphatic rings. The average molecular weight is 280 g/mol. The summed E-state index contributed by atoms with van der Waals surface area (Å²) in [7, 11) is 0. The molecule has 1 fully saturated rings. The molecule has 2 heterocycles. The minimum absolute atomic E-state index is 0.0129. The Morgan fingerprint density at radius 1 is 1.35 bits per heavy atom. The number of nitrogens with two attached hydrogens (primary N) is 1. The number of nitrogens with zero attached hydrogens (tertiary/aromatic N) is 4. The van der Waals surface area contributed by atoms with Gasteiger partial charge in [-0.2, -0.15) is 5.10 Å². The molecule has 1 aromatic rings. The molecule has 0 bridgehead atoms. The van der Waals surface area contributed by atoms with Gasteiger partial charge in [0.1, 0.15) is 12.2 Å². The lowest BCUT2D eigenvalue weighted by Gasteiger charge is -2.41. The Morgan fingerprint density at radius 3 is 2.55 bits per heavy atom. The first kappa shape index (κ1) is 15.4. The Hall–Kier alpha value is -0.980. The fourth-order valence-electron chi connectivity index (χ4n) is 3.06. The van der Waals surface area contributed by atoms with Crippen molar-refractivity contribution in [2.45, 2.75) is 64.6 Å². The van der Waals surface area contributed by atoms with Crippen LogP contribution in [0.15, 0.2) is 6.33 Å². The van der Waals surface area contributed by atoms with Gasteiger partial charge >= 0.3 is 0 Å². The molecule has 1 unspecified atom stereocenters. The van der Waals surface area contributed by atoms with Gasteiger partial charge in [0, 0.05) is 24.0 Å². The van der Waals surface area contributed by atoms with Crippen molar-refractivity contribution in [3.63, 3.8) is 0 Å². The topological polar surface area (TPSA) is 72.0 Å². The van der Waals surface area contributed by atoms with E-state index in [1.54, 1.807) is 6.33 Å². The van der Waals surface area contributed by atoms with Gasteiger partial charge in [-0.25, -0.2) is 9.67 Å². The van der Waals surface area contributed by atoms with E-state index in [2.05, 4.69) is 48.1 Å². The lowest BCUT2D eigenvalue weighted by Crippen LogP contribution is -2.59. The van der Waals surface area contributed by atoms with Crippen LogP contribution >= 0.6 is 0 Å². The van der Waals surface area contributed by atoms with E-state index < -0.39 is 0 Å². The average Bonchev–Trinajstić information content (AvgIpc) is 3.06. The maximum atomic E-state index is 5.84. The minimum atomic E-state index is 0.0129. The summed E-state index contributed by atoms with van der Waals surface area (Å²) in [6, 6.07) is 0.475. The first-order valence-electron chi connectivity index (χ1n) is 7.56. The quantitative estimate of drug-likeness (QED) is 0.603. The van der Waals surface area contributed by atoms with Crippen LogP contribution in [0.4, 0.5) is 0 Å². The second-order valence-electron chi connectivity index (χ2n) is 6.49. The van der Waals surface area contributed by atoms with Gasteiger partial charge in [0.2, 0.25) is 0 Å². The number of hydrogen-bond acceptors (Lipinski definition) is 5. The third-order valence-electron chi connectivity index (χ3n) is 4.50. The maximum Gasteiger partial charge on any atom is 0.138 e. The number of aromatic nitrogens is 3. The predicted octanol–water partition coefficient (Wildman–Crippen LogP) is 1.11. The second kappa shape index (κ2) is 6.20. The third-order valence-corrected chi connectivity index (χ3v) is 4.50. The van der Waals surface area contributed by atoms with Crippen LogP contribution in [0, 0.1) is 0 Å². The highest BCUT2D eigenvalue weighted by Gasteiger charge is 2.37. The van der Waals surface area contributed by atoms with Gasteiger partial charge in [-0.1, -0.05) is 0 Å². The van der Waals surface area contributed by atoms with Gasteiger partial charge in [0.15, 0.2) is 0 Å². The summed E-state index contributed by atoms with van der Waals surface area (Å²) in [5.74, 6) is 6.83. The molecule has 0 spiro atoms. The number of hydrazine groups is 1. The lowest BCUT2D eigenvalue weighted by molar-refractivity contribution is 0.105. The number of hydrogen-bond donors (Lipinski definition) is 2. The zero-order valence-corrected chi connectivity index (χ0v) is 13.1. The Labute approximate surface area is 121 Å². The smallest absolute Gasteiger partial charge is 0.138 e. The molecule has 1 aliphatic heterocycles. The molecular formula is C14H28N6. The van der Waals surface area contributed by atoms with E-state index in [0.717, 1.165) is 25.3 Å². The summed E-state index contributed by atoms with van der Waals surface area (Å²) in [4.78, 5) is 6.92. The summed E-state index contributed by atoms with van der Waals surface area (Å²) in [6.07, 6.45) is 4.98. The van der Waals surface area contributed by atoms with E-state index in [9.17, 15) is 0 Å². The number of nitrogens with one attached hydrogen (secondary N) is 1. The molecular weight excluding hydrogens is 252 g/mol. The van der Waals surface area contributed by atoms with Crippen LogP contribution < -0.4 is 11.3 Å². The van der Waals surface area contributed by atoms with Gasteiger partial charge in [-0.3, -0.25) is 16.2 Å². The fourth-order valence-corrected chi connectivity index (χ4v) is 3.06. The van der Waals surface area contributed by atoms with E-state index in [0.29, 0.717) is 6.04 Å². The van der Waals surface area contributed by atoms with E-state index >= 15 is 0 Å². The van der Waals surface area contributed by atoms with Crippen molar-refractivity contribution in [1.82, 2.24) is 25.1 Å². The number of rotatable bonds is 6. The van der Waals surface area contributed by atoms with Crippen molar-refractivity contribution < 1.29 is 0 Å². The zero-order valence-electron chi connectivity index (χ0n) is 13.1. The van der Waals surface area contributed by atoms with Crippen molar-refractivity contribution in [3.05, 3.63) is 12.2 Å². The molecule has 6 nitrogen and oxygen atoms in total. The highest BCUT2D eigenvalue weighted by atomic mass is 15.4. The Kier molecular flexibility index (Phi) is 4.78. The van der Waals surface area contributed by atoms with Crippen molar-refractivity contribution in [2.24, 2.45) is 5.84 Å². The first-order valence-corrected chi connectivity index (χ1v) is 7.56. The van der Waals surface area contributed by atoms with Crippen LogP contribution in [0.3, 0.4) is 0 Å². The molecule has 3 N–H and O–H groups in total. The molecule has 0 aliphatic carbocycles. The standard InChI is InChI=1S/C14H28N6/c1-11(2)20-13(16-10-17-20)9-12(18-15)14(3,4)19-7-5-6-8-19/h10-12,18H,5-9,15H2,1-4H3. The summed E-state index contributed by atoms with van der Waals surface area (Å²) in [6.45, 7) is 11.1. The van der Waals surface area contributed by atoms with Gasteiger partial charge in [0.05, 0.1) is 0 Å². The molecule has 1 aromatic heterocycles. The Bertz CT molecular complexity index is 419. The van der Waals surface area contributed by atoms with Crippen molar-refractivity contribution >= 4 is 0 Å². The molecule has 1 atom stereocenters. The molecule has 0 radical (unpaired) electrons. The Morgan fingerprint density at radius 2 is 2.00 bits per heavy atom. The molecule has 0 saturated carbocycles. The van der Waals surface area contributed by atoms with E-state index in [1.807, 2.05) is 4.68 Å². The molecule has 6 heteroatoms. The normalized spacial score (nSPS) is 18.9. The van der Waals surface area contributed by atoms with Crippen LogP contribution in [0.2, 0.25) is 0 Å². The van der Waals surface area contributed by atoms with Crippen LogP contribution in [0.25, 0.3) is 0 Å². The highest BCUT2D eigenvalue weighted by molar-refractivity contribution is 5.01. The van der Waals surface area contributed by atoms with Crippen LogP contribution in [-0.2, 0) is 6.42 Å². The third kappa shape index (κ3) is 3.02. The monoisotopic (exact) mass is 280 g/mol. The van der Waals surface area contributed by atoms with E-state index in [4.69, 9.17) is 5.84 Å². The zero-order chi connectivity index (χ0) is 14.8. The Balaban J connectivity index is 2.13. The highest BCUT2D eigenvalue weighted by Crippen LogP contribution is 2.26. The second-order valence-corrected chi connectivity index (χ2v) is 6.49. The molecule has 0 aromatic carbocycles. The van der Waals surface area contributed by atoms with Crippen molar-refractivity contribution in [3.8, 4) is 0 Å². The number of likely N-dealkylation sites (tertiary alicyclic amines) is 1. The molecule has 0 amide bonds. The fraction of sp³-hybridized carbons (Fsp3) is 0.857. The molecule has 2 rings (SSSR count). The van der Waals surface area contributed by atoms with Crippen molar-refractivity contribution in [2.75, 3.05) is 13.1 Å². The lowest BCUT2D eigenvalue weighted by atomic mass is 9.90.